The van der Waals surface area contributed by atoms with E-state index in [1.54, 1.807) is 5.38 Å². The van der Waals surface area contributed by atoms with Crippen molar-refractivity contribution < 1.29 is 14.6 Å². The molecule has 2 aromatic heterocycles. The maximum absolute atomic E-state index is 10.7. The highest BCUT2D eigenvalue weighted by molar-refractivity contribution is 7.10. The predicted octanol–water partition coefficient (Wildman–Crippen LogP) is 0.733. The van der Waals surface area contributed by atoms with Gasteiger partial charge in [-0.25, -0.2) is 9.89 Å². The zero-order valence-corrected chi connectivity index (χ0v) is 8.48. The lowest BCUT2D eigenvalue weighted by molar-refractivity contribution is 0.0687. The molecule has 0 fully saturated rings. The number of nitrogens with zero attached hydrogens (tertiary/aromatic N) is 3. The number of hydrogen-bond donors (Lipinski definition) is 2. The van der Waals surface area contributed by atoms with Crippen LogP contribution in [0.15, 0.2) is 5.38 Å². The number of carboxylic acid groups (broad SMARTS) is 1. The molecule has 0 saturated carbocycles. The molecule has 0 aliphatic carbocycles. The largest absolute Gasteiger partial charge is 0.476 e. The Bertz CT molecular complexity index is 568. The fourth-order valence-electron chi connectivity index (χ4n) is 0.900. The summed E-state index contributed by atoms with van der Waals surface area (Å²) in [5.41, 5.74) is -0.241. The van der Waals surface area contributed by atoms with Crippen molar-refractivity contribution in [3.63, 3.8) is 0 Å². The van der Waals surface area contributed by atoms with Gasteiger partial charge in [-0.15, -0.1) is 17.8 Å². The molecule has 2 rings (SSSR count). The minimum atomic E-state index is -1.22. The van der Waals surface area contributed by atoms with E-state index in [-0.39, 0.29) is 17.5 Å². The third-order valence-electron chi connectivity index (χ3n) is 1.54. The summed E-state index contributed by atoms with van der Waals surface area (Å²) in [5, 5.41) is 19.7. The van der Waals surface area contributed by atoms with E-state index in [2.05, 4.69) is 26.3 Å². The molecule has 2 N–H and O–H groups in total. The number of aromatic carboxylic acids is 1. The number of carboxylic acids is 1. The summed E-state index contributed by atoms with van der Waals surface area (Å²) in [7, 11) is 0. The zero-order valence-electron chi connectivity index (χ0n) is 7.67. The Morgan fingerprint density at radius 2 is 2.50 bits per heavy atom. The summed E-state index contributed by atoms with van der Waals surface area (Å²) in [6.45, 7) is 0. The standard InChI is InChI=1S/C8H4N4O3S/c1-2-5-9-4(3-16-5)15-7-6(8(13)14)10-12-11-7/h1,3H,(H,13,14)(H,10,11,12). The normalized spacial score (nSPS) is 9.69. The predicted molar refractivity (Wildman–Crippen MR) is 53.5 cm³/mol. The van der Waals surface area contributed by atoms with Crippen molar-refractivity contribution >= 4 is 17.3 Å². The van der Waals surface area contributed by atoms with Crippen molar-refractivity contribution in [1.82, 2.24) is 20.4 Å². The minimum absolute atomic E-state index is 0.152. The van der Waals surface area contributed by atoms with Crippen LogP contribution in [0.1, 0.15) is 15.5 Å². The summed E-state index contributed by atoms with van der Waals surface area (Å²) in [6.07, 6.45) is 5.13. The molecule has 80 valence electrons. The highest BCUT2D eigenvalue weighted by atomic mass is 32.1. The second-order valence-corrected chi connectivity index (χ2v) is 3.39. The molecule has 2 heterocycles. The summed E-state index contributed by atoms with van der Waals surface area (Å²) >= 11 is 1.21. The highest BCUT2D eigenvalue weighted by Gasteiger charge is 2.17. The molecule has 0 saturated heterocycles. The average molecular weight is 236 g/mol. The first-order valence-electron chi connectivity index (χ1n) is 3.95. The van der Waals surface area contributed by atoms with Crippen LogP contribution in [-0.2, 0) is 0 Å². The Labute approximate surface area is 93.1 Å². The molecule has 0 atom stereocenters. The summed E-state index contributed by atoms with van der Waals surface area (Å²) in [6, 6.07) is 0. The van der Waals surface area contributed by atoms with E-state index in [9.17, 15) is 4.79 Å². The van der Waals surface area contributed by atoms with Crippen LogP contribution in [-0.4, -0.2) is 31.5 Å². The van der Waals surface area contributed by atoms with E-state index in [0.717, 1.165) is 0 Å². The molecule has 16 heavy (non-hydrogen) atoms. The first-order valence-corrected chi connectivity index (χ1v) is 4.83. The van der Waals surface area contributed by atoms with Gasteiger partial charge in [0.2, 0.25) is 11.6 Å². The lowest BCUT2D eigenvalue weighted by atomic mass is 10.5. The molecule has 0 unspecified atom stereocenters. The van der Waals surface area contributed by atoms with Crippen molar-refractivity contribution in [3.8, 4) is 24.1 Å². The second-order valence-electron chi connectivity index (χ2n) is 2.53. The number of aromatic nitrogens is 4. The fraction of sp³-hybridized carbons (Fsp3) is 0. The van der Waals surface area contributed by atoms with Gasteiger partial charge in [0.05, 0.1) is 5.38 Å². The molecular formula is C8H4N4O3S. The number of aromatic amines is 1. The first kappa shape index (κ1) is 10.1. The van der Waals surface area contributed by atoms with Crippen LogP contribution in [0.2, 0.25) is 0 Å². The van der Waals surface area contributed by atoms with Gasteiger partial charge in [0.15, 0.2) is 5.01 Å². The van der Waals surface area contributed by atoms with Crippen molar-refractivity contribution in [1.29, 1.82) is 0 Å². The van der Waals surface area contributed by atoms with Gasteiger partial charge in [0.1, 0.15) is 0 Å². The number of carbonyl (C=O) groups is 1. The Morgan fingerprint density at radius 1 is 1.69 bits per heavy atom. The van der Waals surface area contributed by atoms with E-state index < -0.39 is 5.97 Å². The molecule has 0 radical (unpaired) electrons. The van der Waals surface area contributed by atoms with Crippen molar-refractivity contribution in [2.45, 2.75) is 0 Å². The Hall–Kier alpha value is -2.40. The van der Waals surface area contributed by atoms with Crippen LogP contribution in [0.25, 0.3) is 0 Å². The van der Waals surface area contributed by atoms with Gasteiger partial charge in [0.25, 0.3) is 5.88 Å². The van der Waals surface area contributed by atoms with Gasteiger partial charge >= 0.3 is 5.97 Å². The summed E-state index contributed by atoms with van der Waals surface area (Å²) in [5.74, 6) is 1.15. The molecule has 7 nitrogen and oxygen atoms in total. The number of H-pyrrole nitrogens is 1. The SMILES string of the molecule is C#Cc1nc(Oc2nn[nH]c2C(=O)O)cs1. The maximum atomic E-state index is 10.7. The minimum Gasteiger partial charge on any atom is -0.476 e. The number of ether oxygens (including phenoxy) is 1. The number of thiazole rings is 1. The second kappa shape index (κ2) is 4.00. The van der Waals surface area contributed by atoms with Gasteiger partial charge in [-0.3, -0.25) is 0 Å². The number of terminal acetylenes is 1. The van der Waals surface area contributed by atoms with E-state index in [0.29, 0.717) is 5.01 Å². The molecule has 8 heteroatoms. The molecule has 0 aliphatic rings. The van der Waals surface area contributed by atoms with E-state index >= 15 is 0 Å². The van der Waals surface area contributed by atoms with E-state index in [1.807, 2.05) is 0 Å². The molecule has 0 aromatic carbocycles. The van der Waals surface area contributed by atoms with Gasteiger partial charge in [-0.1, -0.05) is 10.3 Å². The van der Waals surface area contributed by atoms with Gasteiger partial charge in [-0.2, -0.15) is 4.98 Å². The van der Waals surface area contributed by atoms with Gasteiger partial charge < -0.3 is 9.84 Å². The summed E-state index contributed by atoms with van der Waals surface area (Å²) < 4.78 is 5.11. The Kier molecular flexibility index (Phi) is 2.53. The van der Waals surface area contributed by atoms with E-state index in [1.165, 1.54) is 11.3 Å². The lowest BCUT2D eigenvalue weighted by Crippen LogP contribution is -1.99. The van der Waals surface area contributed by atoms with Crippen LogP contribution in [0.5, 0.6) is 11.8 Å². The van der Waals surface area contributed by atoms with Crippen LogP contribution in [0.4, 0.5) is 0 Å². The Balaban J connectivity index is 2.24. The highest BCUT2D eigenvalue weighted by Crippen LogP contribution is 2.22. The fourth-order valence-corrected chi connectivity index (χ4v) is 1.42. The van der Waals surface area contributed by atoms with Crippen molar-refractivity contribution in [2.75, 3.05) is 0 Å². The molecular weight excluding hydrogens is 232 g/mol. The lowest BCUT2D eigenvalue weighted by Gasteiger charge is -1.96. The molecule has 0 spiro atoms. The van der Waals surface area contributed by atoms with Gasteiger partial charge in [0, 0.05) is 0 Å². The smallest absolute Gasteiger partial charge is 0.359 e. The molecule has 2 aromatic rings. The van der Waals surface area contributed by atoms with E-state index in [4.69, 9.17) is 16.3 Å². The quantitative estimate of drug-likeness (QED) is 0.762. The Morgan fingerprint density at radius 3 is 3.12 bits per heavy atom. The van der Waals surface area contributed by atoms with Crippen LogP contribution < -0.4 is 4.74 Å². The summed E-state index contributed by atoms with van der Waals surface area (Å²) in [4.78, 5) is 14.6. The monoisotopic (exact) mass is 236 g/mol. The van der Waals surface area contributed by atoms with Crippen LogP contribution in [0.3, 0.4) is 0 Å². The molecule has 0 bridgehead atoms. The number of nitrogens with one attached hydrogen (secondary N) is 1. The number of hydrogen-bond acceptors (Lipinski definition) is 6. The number of rotatable bonds is 3. The van der Waals surface area contributed by atoms with Crippen LogP contribution >= 0.6 is 11.3 Å². The third-order valence-corrected chi connectivity index (χ3v) is 2.29. The zero-order chi connectivity index (χ0) is 11.5. The molecule has 0 amide bonds. The van der Waals surface area contributed by atoms with Crippen LogP contribution in [0, 0.1) is 12.3 Å². The van der Waals surface area contributed by atoms with Crippen molar-refractivity contribution in [3.05, 3.63) is 16.1 Å². The maximum Gasteiger partial charge on any atom is 0.359 e. The van der Waals surface area contributed by atoms with Gasteiger partial charge in [-0.05, 0) is 5.92 Å². The first-order chi connectivity index (χ1) is 7.70. The average Bonchev–Trinajstić information content (AvgIpc) is 2.87. The topological polar surface area (TPSA) is 101 Å². The third kappa shape index (κ3) is 1.84. The van der Waals surface area contributed by atoms with Crippen molar-refractivity contribution in [2.24, 2.45) is 0 Å². The molecule has 0 aliphatic heterocycles.